The fraction of sp³-hybridized carbons (Fsp3) is 0.417. The molecule has 1 atom stereocenters. The van der Waals surface area contributed by atoms with Gasteiger partial charge in [0.1, 0.15) is 5.75 Å². The van der Waals surface area contributed by atoms with E-state index in [1.54, 1.807) is 19.2 Å². The SMILES string of the molecule is CCC[C@H](N)C(=O)Nc1cccc(OC)c1. The molecule has 4 heteroatoms. The van der Waals surface area contributed by atoms with Gasteiger partial charge in [0.2, 0.25) is 5.91 Å². The fourth-order valence-electron chi connectivity index (χ4n) is 1.38. The Labute approximate surface area is 95.8 Å². The van der Waals surface area contributed by atoms with Crippen molar-refractivity contribution in [3.05, 3.63) is 24.3 Å². The van der Waals surface area contributed by atoms with Crippen molar-refractivity contribution < 1.29 is 9.53 Å². The largest absolute Gasteiger partial charge is 0.497 e. The number of hydrogen-bond acceptors (Lipinski definition) is 3. The Morgan fingerprint density at radius 2 is 2.31 bits per heavy atom. The summed E-state index contributed by atoms with van der Waals surface area (Å²) in [6.45, 7) is 2.00. The van der Waals surface area contributed by atoms with E-state index in [4.69, 9.17) is 10.5 Å². The number of ether oxygens (including phenoxy) is 1. The minimum Gasteiger partial charge on any atom is -0.497 e. The van der Waals surface area contributed by atoms with Crippen LogP contribution in [0.3, 0.4) is 0 Å². The van der Waals surface area contributed by atoms with Gasteiger partial charge in [-0.3, -0.25) is 4.79 Å². The van der Waals surface area contributed by atoms with Crippen LogP contribution in [0.5, 0.6) is 5.75 Å². The van der Waals surface area contributed by atoms with Gasteiger partial charge in [-0.2, -0.15) is 0 Å². The smallest absolute Gasteiger partial charge is 0.241 e. The molecule has 0 spiro atoms. The minimum absolute atomic E-state index is 0.157. The third-order valence-corrected chi connectivity index (χ3v) is 2.27. The first-order valence-electron chi connectivity index (χ1n) is 5.38. The summed E-state index contributed by atoms with van der Waals surface area (Å²) in [5.74, 6) is 0.553. The number of benzene rings is 1. The molecule has 0 fully saturated rings. The summed E-state index contributed by atoms with van der Waals surface area (Å²) in [6.07, 6.45) is 1.59. The van der Waals surface area contributed by atoms with Crippen molar-refractivity contribution in [2.75, 3.05) is 12.4 Å². The first kappa shape index (κ1) is 12.5. The zero-order chi connectivity index (χ0) is 12.0. The molecule has 16 heavy (non-hydrogen) atoms. The van der Waals surface area contributed by atoms with E-state index in [1.807, 2.05) is 19.1 Å². The Hall–Kier alpha value is -1.55. The van der Waals surface area contributed by atoms with Gasteiger partial charge in [0.25, 0.3) is 0 Å². The lowest BCUT2D eigenvalue weighted by Gasteiger charge is -2.11. The summed E-state index contributed by atoms with van der Waals surface area (Å²) in [4.78, 5) is 11.6. The van der Waals surface area contributed by atoms with Gasteiger partial charge < -0.3 is 15.8 Å². The predicted octanol–water partition coefficient (Wildman–Crippen LogP) is 1.76. The van der Waals surface area contributed by atoms with Gasteiger partial charge in [-0.1, -0.05) is 19.4 Å². The predicted molar refractivity (Wildman–Crippen MR) is 64.5 cm³/mol. The first-order chi connectivity index (χ1) is 7.67. The zero-order valence-electron chi connectivity index (χ0n) is 9.69. The lowest BCUT2D eigenvalue weighted by molar-refractivity contribution is -0.117. The average Bonchev–Trinajstić information content (AvgIpc) is 2.29. The van der Waals surface area contributed by atoms with Crippen molar-refractivity contribution in [2.24, 2.45) is 5.73 Å². The Kier molecular flexibility index (Phi) is 4.79. The third-order valence-electron chi connectivity index (χ3n) is 2.27. The number of carbonyl (C=O) groups excluding carboxylic acids is 1. The number of anilines is 1. The second kappa shape index (κ2) is 6.12. The van der Waals surface area contributed by atoms with Gasteiger partial charge in [-0.25, -0.2) is 0 Å². The lowest BCUT2D eigenvalue weighted by atomic mass is 10.1. The Bertz CT molecular complexity index is 353. The second-order valence-corrected chi connectivity index (χ2v) is 3.62. The van der Waals surface area contributed by atoms with Gasteiger partial charge >= 0.3 is 0 Å². The lowest BCUT2D eigenvalue weighted by Crippen LogP contribution is -2.35. The third kappa shape index (κ3) is 3.55. The van der Waals surface area contributed by atoms with Gasteiger partial charge in [-0.15, -0.1) is 0 Å². The van der Waals surface area contributed by atoms with Crippen LogP contribution in [0, 0.1) is 0 Å². The first-order valence-corrected chi connectivity index (χ1v) is 5.38. The molecule has 0 bridgehead atoms. The molecule has 0 aliphatic carbocycles. The van der Waals surface area contributed by atoms with Crippen LogP contribution >= 0.6 is 0 Å². The van der Waals surface area contributed by atoms with Crippen molar-refractivity contribution in [1.82, 2.24) is 0 Å². The molecular formula is C12H18N2O2. The van der Waals surface area contributed by atoms with Crippen LogP contribution in [0.15, 0.2) is 24.3 Å². The average molecular weight is 222 g/mol. The molecule has 4 nitrogen and oxygen atoms in total. The molecule has 0 radical (unpaired) electrons. The van der Waals surface area contributed by atoms with E-state index in [1.165, 1.54) is 0 Å². The van der Waals surface area contributed by atoms with E-state index in [-0.39, 0.29) is 5.91 Å². The molecule has 88 valence electrons. The second-order valence-electron chi connectivity index (χ2n) is 3.62. The Morgan fingerprint density at radius 1 is 1.56 bits per heavy atom. The maximum Gasteiger partial charge on any atom is 0.241 e. The van der Waals surface area contributed by atoms with Crippen LogP contribution in [0.25, 0.3) is 0 Å². The van der Waals surface area contributed by atoms with Crippen molar-refractivity contribution >= 4 is 11.6 Å². The van der Waals surface area contributed by atoms with E-state index in [9.17, 15) is 4.79 Å². The number of carbonyl (C=O) groups is 1. The highest BCUT2D eigenvalue weighted by Gasteiger charge is 2.12. The zero-order valence-corrected chi connectivity index (χ0v) is 9.69. The van der Waals surface area contributed by atoms with Gasteiger partial charge in [-0.05, 0) is 18.6 Å². The molecule has 1 amide bonds. The highest BCUT2D eigenvalue weighted by Crippen LogP contribution is 2.16. The molecule has 0 aromatic heterocycles. The van der Waals surface area contributed by atoms with E-state index in [2.05, 4.69) is 5.32 Å². The summed E-state index contributed by atoms with van der Waals surface area (Å²) in [7, 11) is 1.59. The summed E-state index contributed by atoms with van der Waals surface area (Å²) in [5.41, 5.74) is 6.41. The molecule has 0 aliphatic rings. The highest BCUT2D eigenvalue weighted by molar-refractivity contribution is 5.94. The quantitative estimate of drug-likeness (QED) is 0.798. The number of methoxy groups -OCH3 is 1. The van der Waals surface area contributed by atoms with Crippen molar-refractivity contribution in [2.45, 2.75) is 25.8 Å². The van der Waals surface area contributed by atoms with Crippen LogP contribution in [0.1, 0.15) is 19.8 Å². The van der Waals surface area contributed by atoms with Crippen LogP contribution < -0.4 is 15.8 Å². The molecule has 0 aliphatic heterocycles. The van der Waals surface area contributed by atoms with E-state index < -0.39 is 6.04 Å². The number of nitrogens with two attached hydrogens (primary N) is 1. The molecule has 1 aromatic carbocycles. The fourth-order valence-corrected chi connectivity index (χ4v) is 1.38. The van der Waals surface area contributed by atoms with Crippen LogP contribution in [0.4, 0.5) is 5.69 Å². The molecule has 0 saturated heterocycles. The van der Waals surface area contributed by atoms with Crippen LogP contribution in [-0.2, 0) is 4.79 Å². The van der Waals surface area contributed by atoms with E-state index in [0.717, 1.165) is 6.42 Å². The molecule has 0 heterocycles. The number of nitrogens with one attached hydrogen (secondary N) is 1. The molecule has 1 aromatic rings. The number of rotatable bonds is 5. The molecule has 1 rings (SSSR count). The summed E-state index contributed by atoms with van der Waals surface area (Å²) < 4.78 is 5.06. The molecule has 0 saturated carbocycles. The maximum atomic E-state index is 11.6. The highest BCUT2D eigenvalue weighted by atomic mass is 16.5. The van der Waals surface area contributed by atoms with Gasteiger partial charge in [0.15, 0.2) is 0 Å². The molecule has 0 unspecified atom stereocenters. The van der Waals surface area contributed by atoms with Crippen LogP contribution in [-0.4, -0.2) is 19.1 Å². The summed E-state index contributed by atoms with van der Waals surface area (Å²) >= 11 is 0. The molecular weight excluding hydrogens is 204 g/mol. The van der Waals surface area contributed by atoms with Gasteiger partial charge in [0.05, 0.1) is 13.2 Å². The standard InChI is InChI=1S/C12H18N2O2/c1-3-5-11(13)12(15)14-9-6-4-7-10(8-9)16-2/h4,6-8,11H,3,5,13H2,1-2H3,(H,14,15)/t11-/m0/s1. The van der Waals surface area contributed by atoms with Gasteiger partial charge in [0, 0.05) is 11.8 Å². The van der Waals surface area contributed by atoms with E-state index in [0.29, 0.717) is 17.9 Å². The number of hydrogen-bond donors (Lipinski definition) is 2. The molecule has 3 N–H and O–H groups in total. The number of amides is 1. The van der Waals surface area contributed by atoms with E-state index >= 15 is 0 Å². The van der Waals surface area contributed by atoms with Crippen molar-refractivity contribution in [1.29, 1.82) is 0 Å². The van der Waals surface area contributed by atoms with Crippen molar-refractivity contribution in [3.63, 3.8) is 0 Å². The monoisotopic (exact) mass is 222 g/mol. The topological polar surface area (TPSA) is 64.4 Å². The maximum absolute atomic E-state index is 11.6. The van der Waals surface area contributed by atoms with Crippen LogP contribution in [0.2, 0.25) is 0 Å². The minimum atomic E-state index is -0.448. The Balaban J connectivity index is 2.61. The van der Waals surface area contributed by atoms with Crippen molar-refractivity contribution in [3.8, 4) is 5.75 Å². The Morgan fingerprint density at radius 3 is 2.94 bits per heavy atom. The summed E-state index contributed by atoms with van der Waals surface area (Å²) in [6, 6.07) is 6.76. The summed E-state index contributed by atoms with van der Waals surface area (Å²) in [5, 5.41) is 2.76. The normalized spacial score (nSPS) is 11.9.